The van der Waals surface area contributed by atoms with Crippen molar-refractivity contribution in [2.45, 2.75) is 11.8 Å². The number of benzene rings is 2. The molecule has 2 aromatic carbocycles. The molecule has 0 fully saturated rings. The molecule has 7 nitrogen and oxygen atoms in total. The minimum atomic E-state index is -4.08. The van der Waals surface area contributed by atoms with Gasteiger partial charge in [-0.15, -0.1) is 4.83 Å². The van der Waals surface area contributed by atoms with Crippen molar-refractivity contribution < 1.29 is 23.1 Å². The molecule has 2 rings (SSSR count). The van der Waals surface area contributed by atoms with Gasteiger partial charge in [0.15, 0.2) is 0 Å². The molecule has 0 saturated carbocycles. The lowest BCUT2D eigenvalue weighted by Crippen LogP contribution is -2.41. The standard InChI is InChI=1S/C15H14N2O5S/c1-10-7-8-12(9-13(10)15(19)20)23(21,22)17-16-14(18)11-5-3-2-4-6-11/h2-9,17H,1H3,(H,16,18)(H,19,20). The zero-order valence-corrected chi connectivity index (χ0v) is 12.9. The summed E-state index contributed by atoms with van der Waals surface area (Å²) in [5, 5.41) is 9.04. The van der Waals surface area contributed by atoms with Crippen LogP contribution in [-0.4, -0.2) is 25.4 Å². The second kappa shape index (κ2) is 6.59. The highest BCUT2D eigenvalue weighted by Gasteiger charge is 2.18. The molecule has 0 aliphatic heterocycles. The minimum absolute atomic E-state index is 0.123. The van der Waals surface area contributed by atoms with Crippen LogP contribution < -0.4 is 10.3 Å². The Morgan fingerprint density at radius 1 is 1.04 bits per heavy atom. The topological polar surface area (TPSA) is 113 Å². The molecule has 1 amide bonds. The van der Waals surface area contributed by atoms with Gasteiger partial charge in [0.25, 0.3) is 15.9 Å². The highest BCUT2D eigenvalue weighted by molar-refractivity contribution is 7.89. The first-order chi connectivity index (χ1) is 10.8. The SMILES string of the molecule is Cc1ccc(S(=O)(=O)NNC(=O)c2ccccc2)cc1C(=O)O. The lowest BCUT2D eigenvalue weighted by atomic mass is 10.1. The third-order valence-electron chi connectivity index (χ3n) is 3.08. The van der Waals surface area contributed by atoms with Crippen LogP contribution in [-0.2, 0) is 10.0 Å². The maximum atomic E-state index is 12.1. The van der Waals surface area contributed by atoms with Crippen molar-refractivity contribution in [1.29, 1.82) is 0 Å². The first-order valence-electron chi connectivity index (χ1n) is 6.52. The number of hydrazine groups is 1. The number of amides is 1. The van der Waals surface area contributed by atoms with Crippen LogP contribution in [0.25, 0.3) is 0 Å². The number of hydrogen-bond acceptors (Lipinski definition) is 4. The van der Waals surface area contributed by atoms with Gasteiger partial charge in [-0.25, -0.2) is 13.2 Å². The second-order valence-electron chi connectivity index (χ2n) is 4.71. The van der Waals surface area contributed by atoms with E-state index in [0.717, 1.165) is 6.07 Å². The molecule has 0 saturated heterocycles. The normalized spacial score (nSPS) is 11.0. The third-order valence-corrected chi connectivity index (χ3v) is 4.33. The number of carboxylic acid groups (broad SMARTS) is 1. The van der Waals surface area contributed by atoms with Crippen LogP contribution >= 0.6 is 0 Å². The Balaban J connectivity index is 2.18. The van der Waals surface area contributed by atoms with Gasteiger partial charge >= 0.3 is 5.97 Å². The van der Waals surface area contributed by atoms with Crippen molar-refractivity contribution in [3.8, 4) is 0 Å². The maximum Gasteiger partial charge on any atom is 0.335 e. The largest absolute Gasteiger partial charge is 0.478 e. The molecule has 0 radical (unpaired) electrons. The summed E-state index contributed by atoms with van der Waals surface area (Å²) >= 11 is 0. The van der Waals surface area contributed by atoms with Crippen LogP contribution in [0.3, 0.4) is 0 Å². The number of hydrogen-bond donors (Lipinski definition) is 3. The smallest absolute Gasteiger partial charge is 0.335 e. The predicted molar refractivity (Wildman–Crippen MR) is 82.4 cm³/mol. The molecule has 0 spiro atoms. The van der Waals surface area contributed by atoms with Gasteiger partial charge in [0.05, 0.1) is 10.5 Å². The number of carbonyl (C=O) groups excluding carboxylic acids is 1. The van der Waals surface area contributed by atoms with Gasteiger partial charge in [-0.05, 0) is 36.8 Å². The van der Waals surface area contributed by atoms with Crippen molar-refractivity contribution in [2.24, 2.45) is 0 Å². The lowest BCUT2D eigenvalue weighted by Gasteiger charge is -2.10. The second-order valence-corrected chi connectivity index (χ2v) is 6.39. The fourth-order valence-corrected chi connectivity index (χ4v) is 2.70. The Morgan fingerprint density at radius 3 is 2.30 bits per heavy atom. The average Bonchev–Trinajstić information content (AvgIpc) is 2.53. The third kappa shape index (κ3) is 3.93. The summed E-state index contributed by atoms with van der Waals surface area (Å²) in [6.07, 6.45) is 0. The number of nitrogens with one attached hydrogen (secondary N) is 2. The van der Waals surface area contributed by atoms with Crippen molar-refractivity contribution >= 4 is 21.9 Å². The molecule has 0 aliphatic carbocycles. The molecular weight excluding hydrogens is 320 g/mol. The van der Waals surface area contributed by atoms with E-state index in [-0.39, 0.29) is 16.0 Å². The molecular formula is C15H14N2O5S. The molecule has 120 valence electrons. The van der Waals surface area contributed by atoms with E-state index in [9.17, 15) is 18.0 Å². The van der Waals surface area contributed by atoms with Crippen molar-refractivity contribution in [3.05, 3.63) is 65.2 Å². The number of aryl methyl sites for hydroxylation is 1. The number of rotatable bonds is 5. The number of carbonyl (C=O) groups is 2. The Hall–Kier alpha value is -2.71. The maximum absolute atomic E-state index is 12.1. The summed E-state index contributed by atoms with van der Waals surface area (Å²) in [6, 6.07) is 11.7. The van der Waals surface area contributed by atoms with E-state index < -0.39 is 21.9 Å². The fraction of sp³-hybridized carbons (Fsp3) is 0.0667. The van der Waals surface area contributed by atoms with Crippen LogP contribution in [0.5, 0.6) is 0 Å². The Morgan fingerprint density at radius 2 is 1.70 bits per heavy atom. The zero-order chi connectivity index (χ0) is 17.0. The molecule has 0 aliphatic rings. The van der Waals surface area contributed by atoms with Crippen molar-refractivity contribution in [1.82, 2.24) is 10.3 Å². The zero-order valence-electron chi connectivity index (χ0n) is 12.1. The molecule has 0 aromatic heterocycles. The Bertz CT molecular complexity index is 847. The quantitative estimate of drug-likeness (QED) is 0.714. The number of aromatic carboxylic acids is 1. The van der Waals surface area contributed by atoms with Crippen LogP contribution in [0.4, 0.5) is 0 Å². The van der Waals surface area contributed by atoms with Crippen LogP contribution in [0.1, 0.15) is 26.3 Å². The first kappa shape index (κ1) is 16.7. The van der Waals surface area contributed by atoms with Gasteiger partial charge in [0.2, 0.25) is 0 Å². The lowest BCUT2D eigenvalue weighted by molar-refractivity contribution is 0.0695. The predicted octanol–water partition coefficient (Wildman–Crippen LogP) is 1.32. The van der Waals surface area contributed by atoms with Gasteiger partial charge in [-0.3, -0.25) is 10.2 Å². The number of sulfonamides is 1. The van der Waals surface area contributed by atoms with Crippen molar-refractivity contribution in [2.75, 3.05) is 0 Å². The molecule has 0 bridgehead atoms. The summed E-state index contributed by atoms with van der Waals surface area (Å²) in [5.41, 5.74) is 2.67. The molecule has 0 unspecified atom stereocenters. The van der Waals surface area contributed by atoms with E-state index in [1.807, 2.05) is 4.83 Å². The van der Waals surface area contributed by atoms with Crippen LogP contribution in [0, 0.1) is 6.92 Å². The summed E-state index contributed by atoms with van der Waals surface area (Å²) in [5.74, 6) is -1.85. The van der Waals surface area contributed by atoms with Crippen LogP contribution in [0.15, 0.2) is 53.4 Å². The summed E-state index contributed by atoms with van der Waals surface area (Å²) in [6.45, 7) is 1.56. The van der Waals surface area contributed by atoms with Gasteiger partial charge in [-0.1, -0.05) is 24.3 Å². The van der Waals surface area contributed by atoms with E-state index in [2.05, 4.69) is 5.43 Å². The average molecular weight is 334 g/mol. The summed E-state index contributed by atoms with van der Waals surface area (Å²) < 4.78 is 24.3. The Kier molecular flexibility index (Phi) is 4.77. The van der Waals surface area contributed by atoms with Crippen molar-refractivity contribution in [3.63, 3.8) is 0 Å². The fourth-order valence-electron chi connectivity index (χ4n) is 1.83. The highest BCUT2D eigenvalue weighted by atomic mass is 32.2. The van der Waals surface area contributed by atoms with E-state index in [1.54, 1.807) is 25.1 Å². The van der Waals surface area contributed by atoms with Gasteiger partial charge < -0.3 is 5.11 Å². The van der Waals surface area contributed by atoms with Gasteiger partial charge in [0, 0.05) is 5.56 Å². The molecule has 2 aromatic rings. The molecule has 3 N–H and O–H groups in total. The molecule has 23 heavy (non-hydrogen) atoms. The Labute approximate surface area is 133 Å². The van der Waals surface area contributed by atoms with E-state index >= 15 is 0 Å². The van der Waals surface area contributed by atoms with E-state index in [4.69, 9.17) is 5.11 Å². The van der Waals surface area contributed by atoms with Gasteiger partial charge in [-0.2, -0.15) is 0 Å². The van der Waals surface area contributed by atoms with E-state index in [0.29, 0.717) is 5.56 Å². The highest BCUT2D eigenvalue weighted by Crippen LogP contribution is 2.15. The molecule has 0 heterocycles. The van der Waals surface area contributed by atoms with Crippen LogP contribution in [0.2, 0.25) is 0 Å². The van der Waals surface area contributed by atoms with E-state index in [1.165, 1.54) is 24.3 Å². The molecule has 0 atom stereocenters. The van der Waals surface area contributed by atoms with Gasteiger partial charge in [0.1, 0.15) is 0 Å². The minimum Gasteiger partial charge on any atom is -0.478 e. The monoisotopic (exact) mass is 334 g/mol. The number of carboxylic acids is 1. The molecule has 8 heteroatoms. The summed E-state index contributed by atoms with van der Waals surface area (Å²) in [7, 11) is -4.08. The first-order valence-corrected chi connectivity index (χ1v) is 8.01. The summed E-state index contributed by atoms with van der Waals surface area (Å²) in [4.78, 5) is 24.6.